The molecule has 0 saturated heterocycles. The van der Waals surface area contributed by atoms with Crippen LogP contribution in [0.5, 0.6) is 0 Å². The zero-order valence-electron chi connectivity index (χ0n) is 13.7. The van der Waals surface area contributed by atoms with Crippen molar-refractivity contribution in [3.05, 3.63) is 28.8 Å². The predicted octanol–water partition coefficient (Wildman–Crippen LogP) is 1.52. The van der Waals surface area contributed by atoms with Gasteiger partial charge in [-0.05, 0) is 34.6 Å². The highest BCUT2D eigenvalue weighted by Gasteiger charge is 2.21. The maximum atomic E-state index is 12.5. The van der Waals surface area contributed by atoms with E-state index < -0.39 is 10.0 Å². The minimum atomic E-state index is -3.58. The zero-order valence-corrected chi connectivity index (χ0v) is 14.5. The van der Waals surface area contributed by atoms with Gasteiger partial charge in [-0.15, -0.1) is 0 Å². The van der Waals surface area contributed by atoms with Crippen molar-refractivity contribution in [2.24, 2.45) is 0 Å². The van der Waals surface area contributed by atoms with Gasteiger partial charge in [0.05, 0.1) is 17.6 Å². The van der Waals surface area contributed by atoms with Crippen molar-refractivity contribution in [1.82, 2.24) is 24.3 Å². The maximum absolute atomic E-state index is 12.5. The van der Waals surface area contributed by atoms with Crippen LogP contribution < -0.4 is 4.72 Å². The Labute approximate surface area is 131 Å². The molecule has 2 heterocycles. The standard InChI is InChI=1S/C14H23N5O2S/c1-6-18-12(5)14(9-15-18)22(20,21)16-8-13-10(3)17-19(7-2)11(13)4/h9,16H,6-8H2,1-5H3. The summed E-state index contributed by atoms with van der Waals surface area (Å²) in [6.45, 7) is 11.2. The van der Waals surface area contributed by atoms with Gasteiger partial charge in [0.1, 0.15) is 4.90 Å². The highest BCUT2D eigenvalue weighted by molar-refractivity contribution is 7.89. The molecule has 8 heteroatoms. The van der Waals surface area contributed by atoms with E-state index in [2.05, 4.69) is 14.9 Å². The molecule has 0 aliphatic rings. The molecule has 0 unspecified atom stereocenters. The van der Waals surface area contributed by atoms with E-state index in [9.17, 15) is 8.42 Å². The number of rotatable bonds is 6. The summed E-state index contributed by atoms with van der Waals surface area (Å²) in [6, 6.07) is 0. The fourth-order valence-corrected chi connectivity index (χ4v) is 3.72. The van der Waals surface area contributed by atoms with Crippen LogP contribution in [0.1, 0.15) is 36.5 Å². The lowest BCUT2D eigenvalue weighted by Gasteiger charge is -2.07. The summed E-state index contributed by atoms with van der Waals surface area (Å²) in [5.74, 6) is 0. The van der Waals surface area contributed by atoms with Crippen LogP contribution in [0.15, 0.2) is 11.1 Å². The second-order valence-corrected chi connectivity index (χ2v) is 6.94. The van der Waals surface area contributed by atoms with Gasteiger partial charge >= 0.3 is 0 Å². The average Bonchev–Trinajstić information content (AvgIpc) is 2.97. The van der Waals surface area contributed by atoms with Crippen molar-refractivity contribution in [2.75, 3.05) is 0 Å². The van der Waals surface area contributed by atoms with Gasteiger partial charge < -0.3 is 0 Å². The summed E-state index contributed by atoms with van der Waals surface area (Å²) < 4.78 is 31.1. The van der Waals surface area contributed by atoms with Crippen LogP contribution in [0.3, 0.4) is 0 Å². The summed E-state index contributed by atoms with van der Waals surface area (Å²) in [5, 5.41) is 8.49. The van der Waals surface area contributed by atoms with Gasteiger partial charge in [0.2, 0.25) is 10.0 Å². The van der Waals surface area contributed by atoms with Crippen molar-refractivity contribution < 1.29 is 8.42 Å². The molecule has 2 rings (SSSR count). The molecule has 0 spiro atoms. The molecule has 0 aliphatic carbocycles. The number of aromatic nitrogens is 4. The molecule has 0 aromatic carbocycles. The highest BCUT2D eigenvalue weighted by atomic mass is 32.2. The number of sulfonamides is 1. The van der Waals surface area contributed by atoms with Gasteiger partial charge in [-0.1, -0.05) is 0 Å². The molecule has 0 radical (unpaired) electrons. The average molecular weight is 325 g/mol. The van der Waals surface area contributed by atoms with Crippen LogP contribution in [0.2, 0.25) is 0 Å². The first-order chi connectivity index (χ1) is 10.3. The number of nitrogens with zero attached hydrogens (tertiary/aromatic N) is 4. The monoisotopic (exact) mass is 325 g/mol. The Kier molecular flexibility index (Phi) is 4.72. The molecule has 0 fully saturated rings. The molecular weight excluding hydrogens is 302 g/mol. The molecular formula is C14H23N5O2S. The third kappa shape index (κ3) is 2.93. The molecule has 0 bridgehead atoms. The van der Waals surface area contributed by atoms with Gasteiger partial charge in [-0.25, -0.2) is 13.1 Å². The molecule has 7 nitrogen and oxygen atoms in total. The van der Waals surface area contributed by atoms with E-state index >= 15 is 0 Å². The Bertz CT molecular complexity index is 773. The molecule has 0 amide bonds. The van der Waals surface area contributed by atoms with Crippen LogP contribution >= 0.6 is 0 Å². The fraction of sp³-hybridized carbons (Fsp3) is 0.571. The summed E-state index contributed by atoms with van der Waals surface area (Å²) in [7, 11) is -3.58. The minimum Gasteiger partial charge on any atom is -0.270 e. The van der Waals surface area contributed by atoms with E-state index in [1.165, 1.54) is 6.20 Å². The first kappa shape index (κ1) is 16.7. The van der Waals surface area contributed by atoms with Gasteiger partial charge in [0.15, 0.2) is 0 Å². The van der Waals surface area contributed by atoms with Crippen LogP contribution in [-0.4, -0.2) is 28.0 Å². The molecule has 22 heavy (non-hydrogen) atoms. The first-order valence-electron chi connectivity index (χ1n) is 7.36. The zero-order chi connectivity index (χ0) is 16.5. The Balaban J connectivity index is 2.23. The second-order valence-electron chi connectivity index (χ2n) is 5.20. The molecule has 0 atom stereocenters. The first-order valence-corrected chi connectivity index (χ1v) is 8.85. The van der Waals surface area contributed by atoms with E-state index in [1.807, 2.05) is 32.4 Å². The molecule has 122 valence electrons. The van der Waals surface area contributed by atoms with Gasteiger partial charge in [0, 0.05) is 30.9 Å². The molecule has 0 saturated carbocycles. The Hall–Kier alpha value is -1.67. The van der Waals surface area contributed by atoms with E-state index in [4.69, 9.17) is 0 Å². The Morgan fingerprint density at radius 3 is 2.23 bits per heavy atom. The lowest BCUT2D eigenvalue weighted by molar-refractivity contribution is 0.578. The number of nitrogens with one attached hydrogen (secondary N) is 1. The Morgan fingerprint density at radius 1 is 1.09 bits per heavy atom. The fourth-order valence-electron chi connectivity index (χ4n) is 2.55. The smallest absolute Gasteiger partial charge is 0.244 e. The number of hydrogen-bond acceptors (Lipinski definition) is 4. The minimum absolute atomic E-state index is 0.229. The second kappa shape index (κ2) is 6.21. The van der Waals surface area contributed by atoms with E-state index in [1.54, 1.807) is 11.6 Å². The topological polar surface area (TPSA) is 81.8 Å². The number of hydrogen-bond donors (Lipinski definition) is 1. The summed E-state index contributed by atoms with van der Waals surface area (Å²) in [4.78, 5) is 0.229. The van der Waals surface area contributed by atoms with E-state index in [-0.39, 0.29) is 11.4 Å². The van der Waals surface area contributed by atoms with E-state index in [0.29, 0.717) is 12.2 Å². The van der Waals surface area contributed by atoms with Crippen LogP contribution in [-0.2, 0) is 29.7 Å². The van der Waals surface area contributed by atoms with Crippen molar-refractivity contribution >= 4 is 10.0 Å². The summed E-state index contributed by atoms with van der Waals surface area (Å²) in [5.41, 5.74) is 3.41. The van der Waals surface area contributed by atoms with Gasteiger partial charge in [-0.3, -0.25) is 9.36 Å². The number of aryl methyl sites for hydroxylation is 3. The van der Waals surface area contributed by atoms with E-state index in [0.717, 1.165) is 23.5 Å². The quantitative estimate of drug-likeness (QED) is 0.873. The third-order valence-electron chi connectivity index (χ3n) is 3.92. The van der Waals surface area contributed by atoms with Crippen molar-refractivity contribution in [1.29, 1.82) is 0 Å². The molecule has 2 aromatic heterocycles. The normalized spacial score (nSPS) is 12.0. The SMILES string of the molecule is CCn1ncc(S(=O)(=O)NCc2c(C)nn(CC)c2C)c1C. The molecule has 2 aromatic rings. The Morgan fingerprint density at radius 2 is 1.73 bits per heavy atom. The van der Waals surface area contributed by atoms with Crippen molar-refractivity contribution in [3.63, 3.8) is 0 Å². The van der Waals surface area contributed by atoms with Crippen molar-refractivity contribution in [3.8, 4) is 0 Å². The molecule has 0 aliphatic heterocycles. The van der Waals surface area contributed by atoms with Crippen LogP contribution in [0.25, 0.3) is 0 Å². The maximum Gasteiger partial charge on any atom is 0.244 e. The van der Waals surface area contributed by atoms with Crippen molar-refractivity contribution in [2.45, 2.75) is 59.1 Å². The predicted molar refractivity (Wildman–Crippen MR) is 84.0 cm³/mol. The van der Waals surface area contributed by atoms with Gasteiger partial charge in [0.25, 0.3) is 0 Å². The third-order valence-corrected chi connectivity index (χ3v) is 5.42. The summed E-state index contributed by atoms with van der Waals surface area (Å²) in [6.07, 6.45) is 1.40. The highest BCUT2D eigenvalue weighted by Crippen LogP contribution is 2.17. The lowest BCUT2D eigenvalue weighted by Crippen LogP contribution is -2.24. The lowest BCUT2D eigenvalue weighted by atomic mass is 10.2. The van der Waals surface area contributed by atoms with Crippen LogP contribution in [0.4, 0.5) is 0 Å². The largest absolute Gasteiger partial charge is 0.270 e. The van der Waals surface area contributed by atoms with Crippen LogP contribution in [0, 0.1) is 20.8 Å². The van der Waals surface area contributed by atoms with Gasteiger partial charge in [-0.2, -0.15) is 10.2 Å². The summed E-state index contributed by atoms with van der Waals surface area (Å²) >= 11 is 0. The molecule has 1 N–H and O–H groups in total.